The topological polar surface area (TPSA) is 98.7 Å². The molecule has 1 aliphatic rings. The number of carboxylic acids is 1. The summed E-state index contributed by atoms with van der Waals surface area (Å²) in [7, 11) is 0. The van der Waals surface area contributed by atoms with E-state index in [1.165, 1.54) is 0 Å². The Morgan fingerprint density at radius 2 is 2.07 bits per heavy atom. The average Bonchev–Trinajstić information content (AvgIpc) is 2.87. The summed E-state index contributed by atoms with van der Waals surface area (Å²) in [4.78, 5) is 21.3. The largest absolute Gasteiger partial charge is 0.479 e. The van der Waals surface area contributed by atoms with Gasteiger partial charge in [0.25, 0.3) is 0 Å². The molecule has 0 aliphatic heterocycles. The van der Waals surface area contributed by atoms with Gasteiger partial charge in [-0.05, 0) is 18.3 Å². The second kappa shape index (κ2) is 4.97. The van der Waals surface area contributed by atoms with Crippen LogP contribution in [-0.4, -0.2) is 41.4 Å². The Kier molecular flexibility index (Phi) is 3.90. The van der Waals surface area contributed by atoms with Crippen LogP contribution in [0.15, 0.2) is 0 Å². The van der Waals surface area contributed by atoms with Gasteiger partial charge >= 0.3 is 12.0 Å². The van der Waals surface area contributed by atoms with Crippen molar-refractivity contribution in [2.45, 2.75) is 19.4 Å². The minimum atomic E-state index is -1.55. The van der Waals surface area contributed by atoms with E-state index in [-0.39, 0.29) is 6.54 Å². The first kappa shape index (κ1) is 11.8. The maximum atomic E-state index is 11.1. The highest BCUT2D eigenvalue weighted by atomic mass is 16.4. The quantitative estimate of drug-likeness (QED) is 0.492. The van der Waals surface area contributed by atoms with Crippen LogP contribution in [0.25, 0.3) is 0 Å². The van der Waals surface area contributed by atoms with Crippen molar-refractivity contribution in [3.8, 4) is 0 Å². The zero-order valence-corrected chi connectivity index (χ0v) is 8.56. The van der Waals surface area contributed by atoms with Crippen LogP contribution in [0, 0.1) is 11.8 Å². The van der Waals surface area contributed by atoms with E-state index in [9.17, 15) is 9.59 Å². The fourth-order valence-corrected chi connectivity index (χ4v) is 1.25. The van der Waals surface area contributed by atoms with Crippen molar-refractivity contribution in [1.29, 1.82) is 0 Å². The Hall–Kier alpha value is -1.30. The Balaban J connectivity index is 2.05. The summed E-state index contributed by atoms with van der Waals surface area (Å²) in [5, 5.41) is 22.1. The van der Waals surface area contributed by atoms with Gasteiger partial charge in [0, 0.05) is 6.54 Å². The van der Waals surface area contributed by atoms with Crippen LogP contribution in [0.5, 0.6) is 0 Å². The molecule has 3 unspecified atom stereocenters. The van der Waals surface area contributed by atoms with E-state index in [1.807, 2.05) is 0 Å². The summed E-state index contributed by atoms with van der Waals surface area (Å²) in [6, 6.07) is -0.436. The Morgan fingerprint density at radius 1 is 1.47 bits per heavy atom. The van der Waals surface area contributed by atoms with Crippen LogP contribution in [-0.2, 0) is 4.79 Å². The number of hydrogen-bond donors (Lipinski definition) is 4. The van der Waals surface area contributed by atoms with Crippen molar-refractivity contribution >= 4 is 12.0 Å². The van der Waals surface area contributed by atoms with Crippen LogP contribution in [0.1, 0.15) is 13.3 Å². The molecular weight excluding hydrogens is 200 g/mol. The molecule has 0 spiro atoms. The lowest BCUT2D eigenvalue weighted by Gasteiger charge is -2.08. The van der Waals surface area contributed by atoms with Gasteiger partial charge < -0.3 is 20.8 Å². The molecule has 1 rings (SSSR count). The second-order valence-corrected chi connectivity index (χ2v) is 3.92. The van der Waals surface area contributed by atoms with E-state index in [0.717, 1.165) is 6.42 Å². The summed E-state index contributed by atoms with van der Waals surface area (Å²) in [6.07, 6.45) is -0.423. The predicted molar refractivity (Wildman–Crippen MR) is 52.3 cm³/mol. The van der Waals surface area contributed by atoms with Crippen molar-refractivity contribution in [3.63, 3.8) is 0 Å². The fourth-order valence-electron chi connectivity index (χ4n) is 1.25. The van der Waals surface area contributed by atoms with Crippen molar-refractivity contribution in [2.24, 2.45) is 11.8 Å². The number of aliphatic hydroxyl groups is 1. The number of urea groups is 1. The summed E-state index contributed by atoms with van der Waals surface area (Å²) in [6.45, 7) is 2.44. The third-order valence-electron chi connectivity index (χ3n) is 2.54. The Bertz CT molecular complexity index is 256. The standard InChI is InChI=1S/C9H16N2O4/c1-5-2-6(5)3-10-9(15)11-4-7(12)8(13)14/h5-7,12H,2-4H2,1H3,(H,13,14)(H2,10,11,15). The molecule has 2 amide bonds. The number of aliphatic carboxylic acids is 1. The maximum absolute atomic E-state index is 11.1. The third kappa shape index (κ3) is 4.16. The van der Waals surface area contributed by atoms with Crippen LogP contribution in [0.2, 0.25) is 0 Å². The first-order chi connectivity index (χ1) is 7.00. The zero-order valence-electron chi connectivity index (χ0n) is 8.56. The maximum Gasteiger partial charge on any atom is 0.334 e. The number of carbonyl (C=O) groups is 2. The highest BCUT2D eigenvalue weighted by molar-refractivity contribution is 5.76. The van der Waals surface area contributed by atoms with Gasteiger partial charge in [-0.15, -0.1) is 0 Å². The van der Waals surface area contributed by atoms with Crippen molar-refractivity contribution < 1.29 is 19.8 Å². The van der Waals surface area contributed by atoms with Crippen molar-refractivity contribution in [1.82, 2.24) is 10.6 Å². The molecule has 0 radical (unpaired) electrons. The second-order valence-electron chi connectivity index (χ2n) is 3.92. The van der Waals surface area contributed by atoms with E-state index in [1.54, 1.807) is 0 Å². The third-order valence-corrected chi connectivity index (χ3v) is 2.54. The summed E-state index contributed by atoms with van der Waals surface area (Å²) >= 11 is 0. The number of carboxylic acid groups (broad SMARTS) is 1. The van der Waals surface area contributed by atoms with E-state index < -0.39 is 18.1 Å². The first-order valence-electron chi connectivity index (χ1n) is 4.93. The van der Waals surface area contributed by atoms with Crippen LogP contribution in [0.3, 0.4) is 0 Å². The molecule has 0 aromatic heterocycles. The molecular formula is C9H16N2O4. The average molecular weight is 216 g/mol. The Labute approximate surface area is 87.7 Å². The molecule has 0 saturated heterocycles. The van der Waals surface area contributed by atoms with Crippen molar-refractivity contribution in [2.75, 3.05) is 13.1 Å². The number of aliphatic hydroxyl groups excluding tert-OH is 1. The molecule has 1 aliphatic carbocycles. The molecule has 0 aromatic carbocycles. The minimum Gasteiger partial charge on any atom is -0.479 e. The minimum absolute atomic E-state index is 0.276. The van der Waals surface area contributed by atoms with Gasteiger partial charge in [0.2, 0.25) is 0 Å². The van der Waals surface area contributed by atoms with Crippen LogP contribution >= 0.6 is 0 Å². The van der Waals surface area contributed by atoms with Crippen molar-refractivity contribution in [3.05, 3.63) is 0 Å². The molecule has 6 heteroatoms. The summed E-state index contributed by atoms with van der Waals surface area (Å²) < 4.78 is 0. The molecule has 3 atom stereocenters. The number of hydrogen-bond acceptors (Lipinski definition) is 3. The molecule has 0 heterocycles. The van der Waals surface area contributed by atoms with E-state index in [2.05, 4.69) is 17.6 Å². The summed E-state index contributed by atoms with van der Waals surface area (Å²) in [5.41, 5.74) is 0. The van der Waals surface area contributed by atoms with E-state index >= 15 is 0 Å². The molecule has 1 fully saturated rings. The van der Waals surface area contributed by atoms with Crippen LogP contribution in [0.4, 0.5) is 4.79 Å². The van der Waals surface area contributed by atoms with Gasteiger partial charge in [-0.25, -0.2) is 9.59 Å². The molecule has 15 heavy (non-hydrogen) atoms. The van der Waals surface area contributed by atoms with Crippen LogP contribution < -0.4 is 10.6 Å². The summed E-state index contributed by atoms with van der Waals surface area (Å²) in [5.74, 6) is -0.138. The van der Waals surface area contributed by atoms with E-state index in [4.69, 9.17) is 10.2 Å². The molecule has 4 N–H and O–H groups in total. The lowest BCUT2D eigenvalue weighted by atomic mass is 10.3. The van der Waals surface area contributed by atoms with Gasteiger partial charge in [0.05, 0.1) is 6.54 Å². The highest BCUT2D eigenvalue weighted by Crippen LogP contribution is 2.36. The van der Waals surface area contributed by atoms with Gasteiger partial charge in [-0.1, -0.05) is 6.92 Å². The van der Waals surface area contributed by atoms with Gasteiger partial charge in [-0.3, -0.25) is 0 Å². The number of rotatable bonds is 5. The van der Waals surface area contributed by atoms with Gasteiger partial charge in [0.15, 0.2) is 6.10 Å². The molecule has 0 bridgehead atoms. The fraction of sp³-hybridized carbons (Fsp3) is 0.778. The first-order valence-corrected chi connectivity index (χ1v) is 4.93. The van der Waals surface area contributed by atoms with Gasteiger partial charge in [0.1, 0.15) is 0 Å². The molecule has 0 aromatic rings. The SMILES string of the molecule is CC1CC1CNC(=O)NCC(O)C(=O)O. The number of carbonyl (C=O) groups excluding carboxylic acids is 1. The highest BCUT2D eigenvalue weighted by Gasteiger charge is 2.32. The molecule has 1 saturated carbocycles. The normalized spacial score (nSPS) is 25.5. The molecule has 86 valence electrons. The number of nitrogens with one attached hydrogen (secondary N) is 2. The lowest BCUT2D eigenvalue weighted by Crippen LogP contribution is -2.42. The monoisotopic (exact) mass is 216 g/mol. The predicted octanol–water partition coefficient (Wildman–Crippen LogP) is -0.613. The zero-order chi connectivity index (χ0) is 11.4. The van der Waals surface area contributed by atoms with E-state index in [0.29, 0.717) is 18.4 Å². The smallest absolute Gasteiger partial charge is 0.334 e. The van der Waals surface area contributed by atoms with Gasteiger partial charge in [-0.2, -0.15) is 0 Å². The number of amides is 2. The Morgan fingerprint density at radius 3 is 2.53 bits per heavy atom. The lowest BCUT2D eigenvalue weighted by molar-refractivity contribution is -0.146. The molecule has 6 nitrogen and oxygen atoms in total.